The predicted molar refractivity (Wildman–Crippen MR) is 123 cm³/mol. The number of fused-ring (bicyclic) bond motifs is 1. The van der Waals surface area contributed by atoms with E-state index in [0.29, 0.717) is 17.7 Å². The van der Waals surface area contributed by atoms with Gasteiger partial charge < -0.3 is 13.9 Å². The van der Waals surface area contributed by atoms with Gasteiger partial charge in [0.2, 0.25) is 5.91 Å². The molecule has 0 spiro atoms. The van der Waals surface area contributed by atoms with E-state index < -0.39 is 0 Å². The number of likely N-dealkylation sites (tertiary alicyclic amines) is 1. The quantitative estimate of drug-likeness (QED) is 0.454. The molecule has 3 heterocycles. The fourth-order valence-corrected chi connectivity index (χ4v) is 4.80. The first-order valence-corrected chi connectivity index (χ1v) is 11.4. The molecule has 0 N–H and O–H groups in total. The molecule has 2 aliphatic rings. The van der Waals surface area contributed by atoms with E-state index in [2.05, 4.69) is 56.1 Å². The van der Waals surface area contributed by atoms with Crippen LogP contribution in [0.3, 0.4) is 0 Å². The molecule has 2 aromatic carbocycles. The third-order valence-electron chi connectivity index (χ3n) is 6.83. The van der Waals surface area contributed by atoms with Gasteiger partial charge >= 0.3 is 0 Å². The third-order valence-corrected chi connectivity index (χ3v) is 6.83. The molecular formula is C26H26N4O2. The summed E-state index contributed by atoms with van der Waals surface area (Å²) in [6.45, 7) is 4.59. The Labute approximate surface area is 186 Å². The lowest BCUT2D eigenvalue weighted by Crippen LogP contribution is -2.30. The second-order valence-electron chi connectivity index (χ2n) is 9.15. The van der Waals surface area contributed by atoms with Crippen LogP contribution < -0.4 is 0 Å². The molecule has 1 amide bonds. The van der Waals surface area contributed by atoms with Crippen molar-refractivity contribution in [1.29, 1.82) is 0 Å². The molecule has 6 nitrogen and oxygen atoms in total. The lowest BCUT2D eigenvalue weighted by atomic mass is 10.0. The van der Waals surface area contributed by atoms with Gasteiger partial charge in [-0.25, -0.2) is 0 Å². The molecule has 1 aliphatic carbocycles. The molecule has 4 aromatic rings. The summed E-state index contributed by atoms with van der Waals surface area (Å²) in [6.07, 6.45) is 4.91. The van der Waals surface area contributed by atoms with Crippen LogP contribution in [0, 0.1) is 18.8 Å². The number of aryl methyl sites for hydroxylation is 1. The van der Waals surface area contributed by atoms with Gasteiger partial charge in [-0.15, -0.1) is 10.2 Å². The Morgan fingerprint density at radius 2 is 1.78 bits per heavy atom. The molecule has 0 unspecified atom stereocenters. The van der Waals surface area contributed by atoms with Crippen LogP contribution in [0.5, 0.6) is 0 Å². The fraction of sp³-hybridized carbons (Fsp3) is 0.346. The van der Waals surface area contributed by atoms with Gasteiger partial charge in [-0.2, -0.15) is 0 Å². The Kier molecular flexibility index (Phi) is 4.59. The molecule has 162 valence electrons. The highest BCUT2D eigenvalue weighted by Crippen LogP contribution is 2.33. The van der Waals surface area contributed by atoms with Crippen molar-refractivity contribution in [3.8, 4) is 22.5 Å². The minimum atomic E-state index is 0.300. The van der Waals surface area contributed by atoms with Crippen LogP contribution in [-0.4, -0.2) is 38.7 Å². The van der Waals surface area contributed by atoms with Crippen molar-refractivity contribution in [1.82, 2.24) is 19.7 Å². The largest absolute Gasteiger partial charge is 0.464 e. The first kappa shape index (κ1) is 19.3. The molecule has 6 rings (SSSR count). The lowest BCUT2D eigenvalue weighted by Gasteiger charge is -2.17. The van der Waals surface area contributed by atoms with Gasteiger partial charge in [0, 0.05) is 36.5 Å². The summed E-state index contributed by atoms with van der Waals surface area (Å²) >= 11 is 0. The normalized spacial score (nSPS) is 18.5. The fourth-order valence-electron chi connectivity index (χ4n) is 4.80. The zero-order valence-electron chi connectivity index (χ0n) is 18.2. The zero-order valence-corrected chi connectivity index (χ0v) is 18.2. The minimum Gasteiger partial charge on any atom is -0.464 e. The first-order valence-electron chi connectivity index (χ1n) is 11.4. The van der Waals surface area contributed by atoms with E-state index in [0.717, 1.165) is 78.2 Å². The highest BCUT2D eigenvalue weighted by molar-refractivity contribution is 5.84. The highest BCUT2D eigenvalue weighted by atomic mass is 16.3. The molecule has 1 saturated heterocycles. The standard InChI is InChI=1S/C26H26N4O2/c1-17-27-28-25(30(17)16-18-10-12-29(15-18)26(31)21-6-7-21)20-4-2-19(3-5-20)22-8-9-24-23(14-22)11-13-32-24/h2-5,8-9,11,13-14,18,21H,6-7,10,12,15-16H2,1H3/t18-/m1/s1. The molecule has 1 atom stereocenters. The Morgan fingerprint density at radius 3 is 2.59 bits per heavy atom. The maximum atomic E-state index is 12.4. The monoisotopic (exact) mass is 426 g/mol. The van der Waals surface area contributed by atoms with E-state index in [1.165, 1.54) is 0 Å². The van der Waals surface area contributed by atoms with Gasteiger partial charge in [0.15, 0.2) is 5.82 Å². The van der Waals surface area contributed by atoms with E-state index in [9.17, 15) is 4.79 Å². The van der Waals surface area contributed by atoms with Gasteiger partial charge in [0.1, 0.15) is 11.4 Å². The lowest BCUT2D eigenvalue weighted by molar-refractivity contribution is -0.131. The average molecular weight is 427 g/mol. The molecule has 1 saturated carbocycles. The minimum absolute atomic E-state index is 0.300. The summed E-state index contributed by atoms with van der Waals surface area (Å²) < 4.78 is 7.66. The number of carbonyl (C=O) groups is 1. The van der Waals surface area contributed by atoms with Crippen LogP contribution >= 0.6 is 0 Å². The van der Waals surface area contributed by atoms with Crippen LogP contribution in [0.15, 0.2) is 59.2 Å². The van der Waals surface area contributed by atoms with Crippen LogP contribution in [0.4, 0.5) is 0 Å². The third kappa shape index (κ3) is 3.49. The van der Waals surface area contributed by atoms with E-state index in [-0.39, 0.29) is 0 Å². The van der Waals surface area contributed by atoms with Gasteiger partial charge in [-0.1, -0.05) is 30.3 Å². The Balaban J connectivity index is 1.21. The zero-order chi connectivity index (χ0) is 21.7. The molecule has 2 aromatic heterocycles. The summed E-state index contributed by atoms with van der Waals surface area (Å²) in [5, 5.41) is 9.94. The maximum Gasteiger partial charge on any atom is 0.225 e. The van der Waals surface area contributed by atoms with E-state index in [4.69, 9.17) is 4.42 Å². The van der Waals surface area contributed by atoms with E-state index >= 15 is 0 Å². The number of amides is 1. The number of rotatable bonds is 5. The van der Waals surface area contributed by atoms with Gasteiger partial charge in [0.25, 0.3) is 0 Å². The molecule has 0 bridgehead atoms. The number of benzene rings is 2. The van der Waals surface area contributed by atoms with Crippen LogP contribution in [0.1, 0.15) is 25.1 Å². The van der Waals surface area contributed by atoms with Crippen LogP contribution in [0.25, 0.3) is 33.5 Å². The number of hydrogen-bond donors (Lipinski definition) is 0. The highest BCUT2D eigenvalue weighted by Gasteiger charge is 2.36. The summed E-state index contributed by atoms with van der Waals surface area (Å²) in [7, 11) is 0. The SMILES string of the molecule is Cc1nnc(-c2ccc(-c3ccc4occc4c3)cc2)n1C[C@@H]1CCN(C(=O)C2CC2)C1. The summed E-state index contributed by atoms with van der Waals surface area (Å²) in [5.41, 5.74) is 4.28. The Morgan fingerprint density at radius 1 is 1.00 bits per heavy atom. The van der Waals surface area contributed by atoms with E-state index in [1.807, 2.05) is 19.1 Å². The van der Waals surface area contributed by atoms with Gasteiger partial charge in [-0.05, 0) is 61.4 Å². The summed E-state index contributed by atoms with van der Waals surface area (Å²) in [5.74, 6) is 2.92. The van der Waals surface area contributed by atoms with Crippen LogP contribution in [0.2, 0.25) is 0 Å². The van der Waals surface area contributed by atoms with Crippen molar-refractivity contribution in [3.05, 3.63) is 60.6 Å². The molecule has 2 fully saturated rings. The topological polar surface area (TPSA) is 64.2 Å². The maximum absolute atomic E-state index is 12.4. The predicted octanol–water partition coefficient (Wildman–Crippen LogP) is 4.93. The van der Waals surface area contributed by atoms with Gasteiger partial charge in [0.05, 0.1) is 6.26 Å². The Bertz CT molecular complexity index is 1280. The van der Waals surface area contributed by atoms with Crippen molar-refractivity contribution < 1.29 is 9.21 Å². The molecule has 0 radical (unpaired) electrons. The van der Waals surface area contributed by atoms with Crippen molar-refractivity contribution >= 4 is 16.9 Å². The number of nitrogens with zero attached hydrogens (tertiary/aromatic N) is 4. The molecule has 32 heavy (non-hydrogen) atoms. The second-order valence-corrected chi connectivity index (χ2v) is 9.15. The van der Waals surface area contributed by atoms with Gasteiger partial charge in [-0.3, -0.25) is 4.79 Å². The molecule has 6 heteroatoms. The molecular weight excluding hydrogens is 400 g/mol. The number of aromatic nitrogens is 3. The van der Waals surface area contributed by atoms with Crippen molar-refractivity contribution in [2.75, 3.05) is 13.1 Å². The molecule has 1 aliphatic heterocycles. The van der Waals surface area contributed by atoms with Crippen molar-refractivity contribution in [3.63, 3.8) is 0 Å². The number of carbonyl (C=O) groups excluding carboxylic acids is 1. The number of hydrogen-bond acceptors (Lipinski definition) is 4. The summed E-state index contributed by atoms with van der Waals surface area (Å²) in [6, 6.07) is 16.7. The summed E-state index contributed by atoms with van der Waals surface area (Å²) in [4.78, 5) is 14.5. The van der Waals surface area contributed by atoms with Crippen molar-refractivity contribution in [2.24, 2.45) is 11.8 Å². The average Bonchev–Trinajstić information content (AvgIpc) is 3.21. The Hall–Kier alpha value is -3.41. The second kappa shape index (κ2) is 7.62. The van der Waals surface area contributed by atoms with E-state index in [1.54, 1.807) is 6.26 Å². The van der Waals surface area contributed by atoms with Crippen LogP contribution in [-0.2, 0) is 11.3 Å². The number of furan rings is 1. The smallest absolute Gasteiger partial charge is 0.225 e. The first-order chi connectivity index (χ1) is 15.7. The van der Waals surface area contributed by atoms with Crippen molar-refractivity contribution in [2.45, 2.75) is 32.7 Å².